The van der Waals surface area contributed by atoms with Crippen molar-refractivity contribution < 1.29 is 5.11 Å². The molecule has 0 aliphatic heterocycles. The highest BCUT2D eigenvalue weighted by molar-refractivity contribution is 5.24. The smallest absolute Gasteiger partial charge is 0.0623 e. The van der Waals surface area contributed by atoms with Gasteiger partial charge in [-0.05, 0) is 25.8 Å². The van der Waals surface area contributed by atoms with Crippen molar-refractivity contribution in [1.82, 2.24) is 10.2 Å². The minimum absolute atomic E-state index is 0.0104. The van der Waals surface area contributed by atoms with E-state index in [0.717, 1.165) is 18.5 Å². The normalized spacial score (nSPS) is 23.1. The number of nitrogens with zero attached hydrogens (tertiary/aromatic N) is 1. The first-order valence-corrected chi connectivity index (χ1v) is 3.94. The number of rotatable bonds is 2. The van der Waals surface area contributed by atoms with Crippen LogP contribution in [0.3, 0.4) is 0 Å². The molecule has 0 aromatic carbocycles. The lowest BCUT2D eigenvalue weighted by Gasteiger charge is -2.15. The van der Waals surface area contributed by atoms with Crippen molar-refractivity contribution in [2.75, 3.05) is 0 Å². The predicted molar refractivity (Wildman–Crippen MR) is 41.2 cm³/mol. The van der Waals surface area contributed by atoms with Crippen molar-refractivity contribution in [1.29, 1.82) is 0 Å². The number of aliphatic hydroxyl groups excluding tert-OH is 1. The molecule has 1 heterocycles. The van der Waals surface area contributed by atoms with E-state index in [-0.39, 0.29) is 11.5 Å². The second kappa shape index (κ2) is 2.08. The summed E-state index contributed by atoms with van der Waals surface area (Å²) in [5, 5.41) is 16.3. The van der Waals surface area contributed by atoms with Crippen LogP contribution in [0, 0.1) is 0 Å². The van der Waals surface area contributed by atoms with Gasteiger partial charge < -0.3 is 5.11 Å². The van der Waals surface area contributed by atoms with Crippen molar-refractivity contribution >= 4 is 0 Å². The lowest BCUT2D eigenvalue weighted by molar-refractivity contribution is 0.148. The molecule has 1 aromatic rings. The van der Waals surface area contributed by atoms with Crippen molar-refractivity contribution in [3.05, 3.63) is 18.0 Å². The van der Waals surface area contributed by atoms with E-state index in [1.165, 1.54) is 0 Å². The summed E-state index contributed by atoms with van der Waals surface area (Å²) in [5.41, 5.74) is 1.09. The standard InChI is InChI=1S/C8H12N2O/c1-6(11)8(3-4-8)7-2-5-9-10-7/h2,5-6,11H,3-4H2,1H3,(H,9,10). The number of hydrogen-bond acceptors (Lipinski definition) is 2. The van der Waals surface area contributed by atoms with Gasteiger partial charge in [-0.2, -0.15) is 5.10 Å². The molecule has 2 rings (SSSR count). The molecule has 0 saturated heterocycles. The molecule has 3 heteroatoms. The van der Waals surface area contributed by atoms with E-state index in [1.54, 1.807) is 6.20 Å². The molecule has 1 aliphatic rings. The molecule has 0 amide bonds. The molecule has 0 radical (unpaired) electrons. The van der Waals surface area contributed by atoms with Crippen LogP contribution in [0.4, 0.5) is 0 Å². The van der Waals surface area contributed by atoms with Crippen molar-refractivity contribution in [3.63, 3.8) is 0 Å². The van der Waals surface area contributed by atoms with Gasteiger partial charge in [0.1, 0.15) is 0 Å². The average Bonchev–Trinajstić information content (AvgIpc) is 2.61. The monoisotopic (exact) mass is 152 g/mol. The van der Waals surface area contributed by atoms with E-state index in [9.17, 15) is 5.11 Å². The molecule has 0 spiro atoms. The first-order chi connectivity index (χ1) is 5.26. The highest BCUT2D eigenvalue weighted by Crippen LogP contribution is 2.49. The van der Waals surface area contributed by atoms with E-state index in [2.05, 4.69) is 10.2 Å². The molecule has 60 valence electrons. The Bertz CT molecular complexity index is 237. The van der Waals surface area contributed by atoms with Gasteiger partial charge in [0.2, 0.25) is 0 Å². The number of aliphatic hydroxyl groups is 1. The summed E-state index contributed by atoms with van der Waals surface area (Å²) in [5.74, 6) is 0. The van der Waals surface area contributed by atoms with Crippen LogP contribution in [0.5, 0.6) is 0 Å². The lowest BCUT2D eigenvalue weighted by Crippen LogP contribution is -2.22. The molecule has 2 N–H and O–H groups in total. The van der Waals surface area contributed by atoms with Gasteiger partial charge in [0.25, 0.3) is 0 Å². The first kappa shape index (κ1) is 6.85. The Hall–Kier alpha value is -0.830. The molecule has 1 aliphatic carbocycles. The lowest BCUT2D eigenvalue weighted by atomic mass is 9.97. The highest BCUT2D eigenvalue weighted by atomic mass is 16.3. The number of aromatic nitrogens is 2. The maximum Gasteiger partial charge on any atom is 0.0623 e. The molecular weight excluding hydrogens is 140 g/mol. The first-order valence-electron chi connectivity index (χ1n) is 3.94. The largest absolute Gasteiger partial charge is 0.392 e. The number of nitrogens with one attached hydrogen (secondary N) is 1. The summed E-state index contributed by atoms with van der Waals surface area (Å²) in [6.45, 7) is 1.84. The summed E-state index contributed by atoms with van der Waals surface area (Å²) in [6, 6.07) is 1.94. The minimum Gasteiger partial charge on any atom is -0.392 e. The molecule has 1 aromatic heterocycles. The third-order valence-electron chi connectivity index (χ3n) is 2.63. The Morgan fingerprint density at radius 2 is 2.45 bits per heavy atom. The number of H-pyrrole nitrogens is 1. The Morgan fingerprint density at radius 3 is 2.82 bits per heavy atom. The van der Waals surface area contributed by atoms with Crippen molar-refractivity contribution in [3.8, 4) is 0 Å². The second-order valence-corrected chi connectivity index (χ2v) is 3.30. The van der Waals surface area contributed by atoms with E-state index in [0.29, 0.717) is 0 Å². The molecule has 1 atom stereocenters. The Morgan fingerprint density at radius 1 is 1.73 bits per heavy atom. The van der Waals surface area contributed by atoms with E-state index in [4.69, 9.17) is 0 Å². The Labute approximate surface area is 65.4 Å². The maximum absolute atomic E-state index is 9.47. The van der Waals surface area contributed by atoms with Gasteiger partial charge in [-0.25, -0.2) is 0 Å². The fraction of sp³-hybridized carbons (Fsp3) is 0.625. The van der Waals surface area contributed by atoms with Gasteiger partial charge in [0, 0.05) is 17.3 Å². The van der Waals surface area contributed by atoms with Gasteiger partial charge in [0.05, 0.1) is 6.10 Å². The summed E-state index contributed by atoms with van der Waals surface area (Å²) in [7, 11) is 0. The van der Waals surface area contributed by atoms with Gasteiger partial charge in [-0.1, -0.05) is 0 Å². The summed E-state index contributed by atoms with van der Waals surface area (Å²) >= 11 is 0. The predicted octanol–water partition coefficient (Wildman–Crippen LogP) is 0.822. The quantitative estimate of drug-likeness (QED) is 0.659. The van der Waals surface area contributed by atoms with Gasteiger partial charge in [-0.3, -0.25) is 5.10 Å². The fourth-order valence-electron chi connectivity index (χ4n) is 1.58. The van der Waals surface area contributed by atoms with Gasteiger partial charge in [-0.15, -0.1) is 0 Å². The zero-order chi connectivity index (χ0) is 7.90. The summed E-state index contributed by atoms with van der Waals surface area (Å²) in [4.78, 5) is 0. The van der Waals surface area contributed by atoms with Crippen LogP contribution in [-0.2, 0) is 5.41 Å². The van der Waals surface area contributed by atoms with Crippen molar-refractivity contribution in [2.45, 2.75) is 31.3 Å². The minimum atomic E-state index is -0.261. The zero-order valence-corrected chi connectivity index (χ0v) is 6.54. The van der Waals surface area contributed by atoms with Crippen LogP contribution in [0.15, 0.2) is 12.3 Å². The molecule has 3 nitrogen and oxygen atoms in total. The molecule has 1 fully saturated rings. The summed E-state index contributed by atoms with van der Waals surface area (Å²) in [6.07, 6.45) is 3.63. The second-order valence-electron chi connectivity index (χ2n) is 3.30. The molecule has 1 saturated carbocycles. The molecule has 0 bridgehead atoms. The van der Waals surface area contributed by atoms with Crippen LogP contribution < -0.4 is 0 Å². The molecular formula is C8H12N2O. The van der Waals surface area contributed by atoms with E-state index < -0.39 is 0 Å². The van der Waals surface area contributed by atoms with E-state index >= 15 is 0 Å². The topological polar surface area (TPSA) is 48.9 Å². The van der Waals surface area contributed by atoms with Crippen LogP contribution in [0.1, 0.15) is 25.5 Å². The van der Waals surface area contributed by atoms with Crippen LogP contribution >= 0.6 is 0 Å². The van der Waals surface area contributed by atoms with Gasteiger partial charge in [0.15, 0.2) is 0 Å². The van der Waals surface area contributed by atoms with E-state index in [1.807, 2.05) is 13.0 Å². The average molecular weight is 152 g/mol. The third-order valence-corrected chi connectivity index (χ3v) is 2.63. The van der Waals surface area contributed by atoms with Crippen LogP contribution in [-0.4, -0.2) is 21.4 Å². The Kier molecular flexibility index (Phi) is 1.29. The maximum atomic E-state index is 9.47. The summed E-state index contributed by atoms with van der Waals surface area (Å²) < 4.78 is 0. The Balaban J connectivity index is 2.29. The van der Waals surface area contributed by atoms with Crippen molar-refractivity contribution in [2.24, 2.45) is 0 Å². The zero-order valence-electron chi connectivity index (χ0n) is 6.54. The van der Waals surface area contributed by atoms with Crippen LogP contribution in [0.25, 0.3) is 0 Å². The highest BCUT2D eigenvalue weighted by Gasteiger charge is 2.49. The molecule has 1 unspecified atom stereocenters. The third kappa shape index (κ3) is 0.878. The fourth-order valence-corrected chi connectivity index (χ4v) is 1.58. The number of aromatic amines is 1. The van der Waals surface area contributed by atoms with Crippen LogP contribution in [0.2, 0.25) is 0 Å². The SMILES string of the molecule is CC(O)C1(c2ccn[nH]2)CC1. The van der Waals surface area contributed by atoms with Gasteiger partial charge >= 0.3 is 0 Å². The number of hydrogen-bond donors (Lipinski definition) is 2. The molecule has 11 heavy (non-hydrogen) atoms.